The lowest BCUT2D eigenvalue weighted by molar-refractivity contribution is -0.0260. The van der Waals surface area contributed by atoms with Gasteiger partial charge in [0.15, 0.2) is 5.82 Å². The highest BCUT2D eigenvalue weighted by molar-refractivity contribution is 4.92. The van der Waals surface area contributed by atoms with Gasteiger partial charge in [-0.3, -0.25) is 0 Å². The summed E-state index contributed by atoms with van der Waals surface area (Å²) in [4.78, 5) is 3.35. The molecule has 1 aromatic rings. The third kappa shape index (κ3) is 1.51. The summed E-state index contributed by atoms with van der Waals surface area (Å²) in [6, 6.07) is 0. The molecule has 0 amide bonds. The number of alkyl halides is 2. The van der Waals surface area contributed by atoms with Gasteiger partial charge in [0.1, 0.15) is 0 Å². The van der Waals surface area contributed by atoms with Gasteiger partial charge in [0.25, 0.3) is 5.89 Å². The Morgan fingerprint density at radius 1 is 1.64 bits per heavy atom. The van der Waals surface area contributed by atoms with Gasteiger partial charge in [-0.15, -0.1) is 0 Å². The van der Waals surface area contributed by atoms with E-state index in [1.54, 1.807) is 0 Å². The second-order valence-electron chi connectivity index (χ2n) is 2.06. The molecule has 6 heteroatoms. The van der Waals surface area contributed by atoms with Gasteiger partial charge < -0.3 is 10.3 Å². The van der Waals surface area contributed by atoms with Crippen LogP contribution >= 0.6 is 0 Å². The van der Waals surface area contributed by atoms with Gasteiger partial charge >= 0.3 is 5.92 Å². The molecule has 2 N–H and O–H groups in total. The van der Waals surface area contributed by atoms with Crippen LogP contribution in [0.3, 0.4) is 0 Å². The van der Waals surface area contributed by atoms with Crippen molar-refractivity contribution in [2.45, 2.75) is 12.8 Å². The van der Waals surface area contributed by atoms with Crippen LogP contribution in [-0.2, 0) is 5.92 Å². The fourth-order valence-corrected chi connectivity index (χ4v) is 0.533. The number of aromatic nitrogens is 2. The van der Waals surface area contributed by atoms with E-state index >= 15 is 0 Å². The fraction of sp³-hybridized carbons (Fsp3) is 0.600. The molecular weight excluding hydrogens is 156 g/mol. The highest BCUT2D eigenvalue weighted by atomic mass is 19.3. The van der Waals surface area contributed by atoms with E-state index in [4.69, 9.17) is 5.73 Å². The van der Waals surface area contributed by atoms with Crippen molar-refractivity contribution in [3.8, 4) is 0 Å². The summed E-state index contributed by atoms with van der Waals surface area (Å²) < 4.78 is 29.4. The summed E-state index contributed by atoms with van der Waals surface area (Å²) in [5, 5.41) is 3.21. The van der Waals surface area contributed by atoms with Crippen molar-refractivity contribution in [1.82, 2.24) is 10.1 Å². The van der Waals surface area contributed by atoms with Crippen LogP contribution in [-0.4, -0.2) is 16.7 Å². The molecule has 0 aromatic carbocycles. The Morgan fingerprint density at radius 3 is 2.64 bits per heavy atom. The molecule has 0 spiro atoms. The molecular formula is C5H7F2N3O. The molecule has 0 aliphatic rings. The number of halogens is 2. The zero-order chi connectivity index (χ0) is 8.48. The Hall–Kier alpha value is -1.04. The van der Waals surface area contributed by atoms with Crippen LogP contribution in [0.25, 0.3) is 0 Å². The van der Waals surface area contributed by atoms with Crippen molar-refractivity contribution in [1.29, 1.82) is 0 Å². The summed E-state index contributed by atoms with van der Waals surface area (Å²) >= 11 is 0. The van der Waals surface area contributed by atoms with Gasteiger partial charge in [-0.25, -0.2) is 0 Å². The van der Waals surface area contributed by atoms with Gasteiger partial charge in [-0.2, -0.15) is 13.8 Å². The number of hydrogen-bond donors (Lipinski definition) is 1. The SMILES string of the molecule is Cc1noc(C(F)(F)CN)n1. The number of nitrogens with zero attached hydrogens (tertiary/aromatic N) is 2. The van der Waals surface area contributed by atoms with Crippen molar-refractivity contribution in [2.24, 2.45) is 5.73 Å². The highest BCUT2D eigenvalue weighted by Gasteiger charge is 2.36. The second-order valence-corrected chi connectivity index (χ2v) is 2.06. The molecule has 0 unspecified atom stereocenters. The van der Waals surface area contributed by atoms with Crippen molar-refractivity contribution in [3.05, 3.63) is 11.7 Å². The molecule has 0 saturated heterocycles. The quantitative estimate of drug-likeness (QED) is 0.686. The lowest BCUT2D eigenvalue weighted by Crippen LogP contribution is -2.25. The molecule has 1 rings (SSSR count). The Balaban J connectivity index is 2.92. The Labute approximate surface area is 61.4 Å². The third-order valence-corrected chi connectivity index (χ3v) is 1.10. The average molecular weight is 163 g/mol. The first kappa shape index (κ1) is 8.06. The molecule has 4 nitrogen and oxygen atoms in total. The molecule has 0 atom stereocenters. The van der Waals surface area contributed by atoms with Crippen LogP contribution in [0.2, 0.25) is 0 Å². The van der Waals surface area contributed by atoms with Gasteiger partial charge in [-0.1, -0.05) is 5.16 Å². The van der Waals surface area contributed by atoms with E-state index in [1.807, 2.05) is 0 Å². The second kappa shape index (κ2) is 2.54. The standard InChI is InChI=1S/C5H7F2N3O/c1-3-9-4(11-10-3)5(6,7)2-8/h2,8H2,1H3. The van der Waals surface area contributed by atoms with Crippen LogP contribution in [0.1, 0.15) is 11.7 Å². The smallest absolute Gasteiger partial charge is 0.333 e. The topological polar surface area (TPSA) is 64.9 Å². The van der Waals surface area contributed by atoms with Gasteiger partial charge in [0.05, 0.1) is 6.54 Å². The average Bonchev–Trinajstić information content (AvgIpc) is 2.36. The maximum Gasteiger partial charge on any atom is 0.336 e. The summed E-state index contributed by atoms with van der Waals surface area (Å²) in [5.74, 6) is -3.76. The normalized spacial score (nSPS) is 12.0. The molecule has 62 valence electrons. The first-order chi connectivity index (χ1) is 5.06. The van der Waals surface area contributed by atoms with Crippen LogP contribution in [0.4, 0.5) is 8.78 Å². The Bertz CT molecular complexity index is 248. The maximum atomic E-state index is 12.6. The van der Waals surface area contributed by atoms with Gasteiger partial charge in [0, 0.05) is 0 Å². The summed E-state index contributed by atoms with van der Waals surface area (Å²) in [6.07, 6.45) is 0. The lowest BCUT2D eigenvalue weighted by Gasteiger charge is -2.05. The number of aryl methyl sites for hydroxylation is 1. The Kier molecular flexibility index (Phi) is 1.86. The highest BCUT2D eigenvalue weighted by Crippen LogP contribution is 2.23. The summed E-state index contributed by atoms with van der Waals surface area (Å²) in [6.45, 7) is 0.633. The van der Waals surface area contributed by atoms with Crippen molar-refractivity contribution in [2.75, 3.05) is 6.54 Å². The molecule has 0 aliphatic heterocycles. The minimum atomic E-state index is -3.21. The monoisotopic (exact) mass is 163 g/mol. The van der Waals surface area contributed by atoms with E-state index in [1.165, 1.54) is 6.92 Å². The zero-order valence-electron chi connectivity index (χ0n) is 5.84. The van der Waals surface area contributed by atoms with E-state index in [2.05, 4.69) is 14.7 Å². The third-order valence-electron chi connectivity index (χ3n) is 1.10. The molecule has 0 bridgehead atoms. The molecule has 0 radical (unpaired) electrons. The predicted octanol–water partition coefficient (Wildman–Crippen LogP) is 0.429. The van der Waals surface area contributed by atoms with E-state index in [9.17, 15) is 8.78 Å². The van der Waals surface area contributed by atoms with Gasteiger partial charge in [-0.05, 0) is 6.92 Å². The van der Waals surface area contributed by atoms with Crippen LogP contribution in [0, 0.1) is 6.92 Å². The van der Waals surface area contributed by atoms with Crippen molar-refractivity contribution in [3.63, 3.8) is 0 Å². The number of hydrogen-bond acceptors (Lipinski definition) is 4. The predicted molar refractivity (Wildman–Crippen MR) is 32.0 cm³/mol. The molecule has 11 heavy (non-hydrogen) atoms. The van der Waals surface area contributed by atoms with E-state index < -0.39 is 18.4 Å². The number of nitrogens with two attached hydrogens (primary N) is 1. The first-order valence-corrected chi connectivity index (χ1v) is 2.95. The molecule has 1 aromatic heterocycles. The van der Waals surface area contributed by atoms with Crippen molar-refractivity contribution < 1.29 is 13.3 Å². The Morgan fingerprint density at radius 2 is 2.27 bits per heavy atom. The van der Waals surface area contributed by atoms with Crippen molar-refractivity contribution >= 4 is 0 Å². The molecule has 1 heterocycles. The summed E-state index contributed by atoms with van der Waals surface area (Å²) in [5.41, 5.74) is 4.77. The first-order valence-electron chi connectivity index (χ1n) is 2.95. The molecule has 0 saturated carbocycles. The summed E-state index contributed by atoms with van der Waals surface area (Å²) in [7, 11) is 0. The van der Waals surface area contributed by atoms with E-state index in [0.717, 1.165) is 0 Å². The van der Waals surface area contributed by atoms with Crippen LogP contribution < -0.4 is 5.73 Å². The van der Waals surface area contributed by atoms with Crippen LogP contribution in [0.15, 0.2) is 4.52 Å². The van der Waals surface area contributed by atoms with Gasteiger partial charge in [0.2, 0.25) is 0 Å². The van der Waals surface area contributed by atoms with E-state index in [0.29, 0.717) is 0 Å². The minimum Gasteiger partial charge on any atom is -0.333 e. The lowest BCUT2D eigenvalue weighted by atomic mass is 10.3. The number of rotatable bonds is 2. The molecule has 0 aliphatic carbocycles. The zero-order valence-corrected chi connectivity index (χ0v) is 5.84. The minimum absolute atomic E-state index is 0.174. The fourth-order valence-electron chi connectivity index (χ4n) is 0.533. The molecule has 0 fully saturated rings. The largest absolute Gasteiger partial charge is 0.336 e. The van der Waals surface area contributed by atoms with E-state index in [-0.39, 0.29) is 5.82 Å². The maximum absolute atomic E-state index is 12.6. The van der Waals surface area contributed by atoms with Crippen LogP contribution in [0.5, 0.6) is 0 Å².